The van der Waals surface area contributed by atoms with E-state index in [4.69, 9.17) is 0 Å². The largest absolute Gasteiger partial charge is 0.0622 e. The lowest BCUT2D eigenvalue weighted by Gasteiger charge is -2.12. The predicted molar refractivity (Wildman–Crippen MR) is 154 cm³/mol. The highest BCUT2D eigenvalue weighted by Gasteiger charge is 2.09. The van der Waals surface area contributed by atoms with Gasteiger partial charge in [0.25, 0.3) is 0 Å². The molecule has 0 nitrogen and oxygen atoms in total. The molecule has 6 aromatic rings. The van der Waals surface area contributed by atoms with Crippen molar-refractivity contribution in [2.24, 2.45) is 0 Å². The minimum Gasteiger partial charge on any atom is -0.0622 e. The van der Waals surface area contributed by atoms with Crippen molar-refractivity contribution < 1.29 is 0 Å². The van der Waals surface area contributed by atoms with Gasteiger partial charge in [0.1, 0.15) is 0 Å². The molecule has 0 N–H and O–H groups in total. The van der Waals surface area contributed by atoms with Crippen LogP contribution in [0.15, 0.2) is 158 Å². The Bertz CT molecular complexity index is 1460. The third-order valence-corrected chi connectivity index (χ3v) is 6.69. The van der Waals surface area contributed by atoms with Crippen LogP contribution in [-0.4, -0.2) is 0 Å². The first-order valence-corrected chi connectivity index (χ1v) is 12.4. The second-order valence-corrected chi connectivity index (χ2v) is 9.05. The summed E-state index contributed by atoms with van der Waals surface area (Å²) in [5, 5.41) is 0. The molecule has 0 unspecified atom stereocenters. The molecule has 0 aliphatic rings. The van der Waals surface area contributed by atoms with Crippen LogP contribution in [0.25, 0.3) is 55.6 Å². The Kier molecular flexibility index (Phi) is 6.00. The minimum atomic E-state index is 1.22. The molecule has 0 aliphatic carbocycles. The van der Waals surface area contributed by atoms with Gasteiger partial charge in [0.2, 0.25) is 0 Å². The molecule has 0 heterocycles. The lowest BCUT2D eigenvalue weighted by molar-refractivity contribution is 1.55. The average molecular weight is 459 g/mol. The van der Waals surface area contributed by atoms with Crippen LogP contribution in [0.4, 0.5) is 0 Å². The molecule has 0 heteroatoms. The Morgan fingerprint density at radius 3 is 0.639 bits per heavy atom. The Hall–Kier alpha value is -4.68. The van der Waals surface area contributed by atoms with Gasteiger partial charge in [0.15, 0.2) is 0 Å². The van der Waals surface area contributed by atoms with Crippen molar-refractivity contribution in [2.75, 3.05) is 0 Å². The molecule has 0 bridgehead atoms. The summed E-state index contributed by atoms with van der Waals surface area (Å²) < 4.78 is 0. The second-order valence-electron chi connectivity index (χ2n) is 9.05. The monoisotopic (exact) mass is 458 g/mol. The predicted octanol–water partition coefficient (Wildman–Crippen LogP) is 10.0. The van der Waals surface area contributed by atoms with Crippen molar-refractivity contribution in [3.05, 3.63) is 158 Å². The van der Waals surface area contributed by atoms with E-state index < -0.39 is 0 Å². The molecule has 6 rings (SSSR count). The Morgan fingerprint density at radius 1 is 0.167 bits per heavy atom. The van der Waals surface area contributed by atoms with E-state index in [9.17, 15) is 0 Å². The molecule has 170 valence electrons. The van der Waals surface area contributed by atoms with Crippen LogP contribution >= 0.6 is 0 Å². The van der Waals surface area contributed by atoms with Crippen LogP contribution in [0.5, 0.6) is 0 Å². The summed E-state index contributed by atoms with van der Waals surface area (Å²) >= 11 is 0. The molecular formula is C36H26. The minimum absolute atomic E-state index is 1.22. The first-order valence-electron chi connectivity index (χ1n) is 12.4. The first kappa shape index (κ1) is 21.8. The first-order chi connectivity index (χ1) is 17.8. The van der Waals surface area contributed by atoms with Crippen molar-refractivity contribution in [2.45, 2.75) is 0 Å². The van der Waals surface area contributed by atoms with E-state index in [2.05, 4.69) is 158 Å². The summed E-state index contributed by atoms with van der Waals surface area (Å²) in [6.45, 7) is 0. The van der Waals surface area contributed by atoms with Gasteiger partial charge in [-0.2, -0.15) is 0 Å². The fraction of sp³-hybridized carbons (Fsp3) is 0. The van der Waals surface area contributed by atoms with Crippen molar-refractivity contribution in [1.29, 1.82) is 0 Å². The lowest BCUT2D eigenvalue weighted by atomic mass is 9.92. The highest BCUT2D eigenvalue weighted by molar-refractivity contribution is 5.82. The van der Waals surface area contributed by atoms with E-state index in [1.54, 1.807) is 0 Å². The van der Waals surface area contributed by atoms with Gasteiger partial charge >= 0.3 is 0 Å². The van der Waals surface area contributed by atoms with Gasteiger partial charge in [-0.05, 0) is 73.8 Å². The van der Waals surface area contributed by atoms with E-state index in [-0.39, 0.29) is 0 Å². The molecular weight excluding hydrogens is 432 g/mol. The van der Waals surface area contributed by atoms with Crippen molar-refractivity contribution in [3.8, 4) is 55.6 Å². The molecule has 0 radical (unpaired) electrons. The van der Waals surface area contributed by atoms with Crippen LogP contribution in [0, 0.1) is 0 Å². The van der Waals surface area contributed by atoms with Gasteiger partial charge in [-0.25, -0.2) is 0 Å². The molecule has 0 saturated heterocycles. The average Bonchev–Trinajstić information content (AvgIpc) is 2.98. The van der Waals surface area contributed by atoms with Crippen molar-refractivity contribution in [1.82, 2.24) is 0 Å². The topological polar surface area (TPSA) is 0 Å². The summed E-state index contributed by atoms with van der Waals surface area (Å²) in [5.41, 5.74) is 12.3. The van der Waals surface area contributed by atoms with Crippen molar-refractivity contribution in [3.63, 3.8) is 0 Å². The lowest BCUT2D eigenvalue weighted by Crippen LogP contribution is -1.87. The molecule has 0 fully saturated rings. The second kappa shape index (κ2) is 9.90. The summed E-state index contributed by atoms with van der Waals surface area (Å²) in [4.78, 5) is 0. The molecule has 0 saturated carbocycles. The van der Waals surface area contributed by atoms with E-state index in [1.807, 2.05) is 0 Å². The standard InChI is InChI=1S/C36H26/c1-4-10-27(11-5-1)30-16-20-32(21-17-30)35-24-34(29-14-8-3-9-15-29)25-36(26-35)33-22-18-31(19-23-33)28-12-6-2-7-13-28/h1-26H. The van der Waals surface area contributed by atoms with E-state index in [0.29, 0.717) is 0 Å². The van der Waals surface area contributed by atoms with Crippen LogP contribution in [0.1, 0.15) is 0 Å². The normalized spacial score (nSPS) is 10.8. The third-order valence-electron chi connectivity index (χ3n) is 6.69. The SMILES string of the molecule is c1ccc(-c2ccc(-c3cc(-c4ccccc4)cc(-c4ccc(-c5ccccc5)cc4)c3)cc2)cc1. The summed E-state index contributed by atoms with van der Waals surface area (Å²) in [7, 11) is 0. The van der Waals surface area contributed by atoms with Crippen molar-refractivity contribution >= 4 is 0 Å². The summed E-state index contributed by atoms with van der Waals surface area (Å²) in [6.07, 6.45) is 0. The van der Waals surface area contributed by atoms with Gasteiger partial charge in [-0.3, -0.25) is 0 Å². The highest BCUT2D eigenvalue weighted by atomic mass is 14.1. The highest BCUT2D eigenvalue weighted by Crippen LogP contribution is 2.34. The molecule has 0 aliphatic heterocycles. The van der Waals surface area contributed by atoms with Gasteiger partial charge in [0, 0.05) is 0 Å². The van der Waals surface area contributed by atoms with Crippen LogP contribution in [-0.2, 0) is 0 Å². The van der Waals surface area contributed by atoms with Gasteiger partial charge < -0.3 is 0 Å². The molecule has 0 spiro atoms. The van der Waals surface area contributed by atoms with Gasteiger partial charge in [0.05, 0.1) is 0 Å². The maximum Gasteiger partial charge on any atom is -0.0172 e. The quantitative estimate of drug-likeness (QED) is 0.241. The maximum atomic E-state index is 2.31. The summed E-state index contributed by atoms with van der Waals surface area (Å²) in [6, 6.07) is 56.4. The van der Waals surface area contributed by atoms with Gasteiger partial charge in [-0.1, -0.05) is 140 Å². The van der Waals surface area contributed by atoms with E-state index in [0.717, 1.165) is 0 Å². The zero-order chi connectivity index (χ0) is 24.2. The third kappa shape index (κ3) is 4.62. The smallest absolute Gasteiger partial charge is 0.0172 e. The molecule has 0 aromatic heterocycles. The summed E-state index contributed by atoms with van der Waals surface area (Å²) in [5.74, 6) is 0. The number of rotatable bonds is 5. The van der Waals surface area contributed by atoms with Gasteiger partial charge in [-0.15, -0.1) is 0 Å². The number of hydrogen-bond acceptors (Lipinski definition) is 0. The number of hydrogen-bond donors (Lipinski definition) is 0. The Labute approximate surface area is 213 Å². The molecule has 0 amide bonds. The molecule has 36 heavy (non-hydrogen) atoms. The van der Waals surface area contributed by atoms with Crippen LogP contribution in [0.2, 0.25) is 0 Å². The van der Waals surface area contributed by atoms with Crippen LogP contribution in [0.3, 0.4) is 0 Å². The maximum absolute atomic E-state index is 2.31. The Balaban J connectivity index is 1.41. The van der Waals surface area contributed by atoms with Crippen LogP contribution < -0.4 is 0 Å². The number of benzene rings is 6. The Morgan fingerprint density at radius 2 is 0.361 bits per heavy atom. The zero-order valence-electron chi connectivity index (χ0n) is 20.0. The zero-order valence-corrected chi connectivity index (χ0v) is 20.0. The van der Waals surface area contributed by atoms with E-state index >= 15 is 0 Å². The van der Waals surface area contributed by atoms with E-state index in [1.165, 1.54) is 55.6 Å². The fourth-order valence-corrected chi connectivity index (χ4v) is 4.73. The molecule has 6 aromatic carbocycles. The fourth-order valence-electron chi connectivity index (χ4n) is 4.73. The molecule has 0 atom stereocenters.